The first kappa shape index (κ1) is 19.2. The normalized spacial score (nSPS) is 11.8. The van der Waals surface area contributed by atoms with Crippen LogP contribution in [-0.4, -0.2) is 11.7 Å². The van der Waals surface area contributed by atoms with E-state index in [0.29, 0.717) is 21.8 Å². The Bertz CT molecular complexity index is 728. The lowest BCUT2D eigenvalue weighted by molar-refractivity contribution is -0.120. The molecule has 1 atom stereocenters. The van der Waals surface area contributed by atoms with Crippen molar-refractivity contribution in [2.75, 3.05) is 5.32 Å². The van der Waals surface area contributed by atoms with Gasteiger partial charge in [0.25, 0.3) is 0 Å². The number of halogens is 1. The first-order chi connectivity index (χ1) is 12.1. The van der Waals surface area contributed by atoms with Gasteiger partial charge in [0.2, 0.25) is 5.91 Å². The molecule has 0 fully saturated rings. The van der Waals surface area contributed by atoms with E-state index in [4.69, 9.17) is 11.6 Å². The zero-order valence-corrected chi connectivity index (χ0v) is 15.5. The van der Waals surface area contributed by atoms with Gasteiger partial charge in [-0.1, -0.05) is 68.6 Å². The molecule has 2 aromatic carbocycles. The second kappa shape index (κ2) is 9.38. The van der Waals surface area contributed by atoms with Gasteiger partial charge in [-0.25, -0.2) is 0 Å². The molecule has 0 saturated carbocycles. The molecule has 0 radical (unpaired) electrons. The van der Waals surface area contributed by atoms with E-state index in [1.807, 2.05) is 25.1 Å². The zero-order valence-electron chi connectivity index (χ0n) is 14.7. The second-order valence-corrected chi connectivity index (χ2v) is 6.56. The number of anilines is 1. The molecule has 4 heteroatoms. The molecule has 0 aliphatic heterocycles. The van der Waals surface area contributed by atoms with Crippen LogP contribution in [0.15, 0.2) is 48.5 Å². The van der Waals surface area contributed by atoms with E-state index in [0.717, 1.165) is 25.7 Å². The molecule has 3 nitrogen and oxygen atoms in total. The molecule has 2 aromatic rings. The molecular weight excluding hydrogens is 334 g/mol. The van der Waals surface area contributed by atoms with Crippen molar-refractivity contribution < 1.29 is 9.59 Å². The summed E-state index contributed by atoms with van der Waals surface area (Å²) < 4.78 is 0. The number of amides is 1. The molecule has 25 heavy (non-hydrogen) atoms. The summed E-state index contributed by atoms with van der Waals surface area (Å²) >= 11 is 6.08. The lowest BCUT2D eigenvalue weighted by atomic mass is 9.97. The van der Waals surface area contributed by atoms with E-state index in [9.17, 15) is 9.59 Å². The third-order valence-corrected chi connectivity index (χ3v) is 4.52. The molecule has 0 bridgehead atoms. The number of hydrogen-bond donors (Lipinski definition) is 1. The fourth-order valence-corrected chi connectivity index (χ4v) is 2.94. The SMILES string of the molecule is CCCC[C@H](CC)C(=O)Nc1ccc(Cl)cc1C(=O)c1ccccc1. The standard InChI is InChI=1S/C21H24ClNO2/c1-3-5-9-15(4-2)21(25)23-19-13-12-17(22)14-18(19)20(24)16-10-7-6-8-11-16/h6-8,10-15H,3-5,9H2,1-2H3,(H,23,25)/t15-/m0/s1. The first-order valence-corrected chi connectivity index (χ1v) is 9.14. The van der Waals surface area contributed by atoms with Crippen LogP contribution in [-0.2, 0) is 4.79 Å². The molecule has 0 aromatic heterocycles. The Morgan fingerprint density at radius 1 is 1.08 bits per heavy atom. The topological polar surface area (TPSA) is 46.2 Å². The van der Waals surface area contributed by atoms with Crippen molar-refractivity contribution in [3.63, 3.8) is 0 Å². The van der Waals surface area contributed by atoms with Crippen molar-refractivity contribution in [3.8, 4) is 0 Å². The van der Waals surface area contributed by atoms with Gasteiger partial charge < -0.3 is 5.32 Å². The number of hydrogen-bond acceptors (Lipinski definition) is 2. The van der Waals surface area contributed by atoms with Gasteiger partial charge >= 0.3 is 0 Å². The second-order valence-electron chi connectivity index (χ2n) is 6.12. The van der Waals surface area contributed by atoms with Crippen molar-refractivity contribution in [3.05, 3.63) is 64.7 Å². The van der Waals surface area contributed by atoms with E-state index in [1.165, 1.54) is 0 Å². The highest BCUT2D eigenvalue weighted by atomic mass is 35.5. The van der Waals surface area contributed by atoms with Crippen LogP contribution < -0.4 is 5.32 Å². The molecule has 132 valence electrons. The molecule has 0 heterocycles. The predicted molar refractivity (Wildman–Crippen MR) is 103 cm³/mol. The van der Waals surface area contributed by atoms with Crippen LogP contribution in [0, 0.1) is 5.92 Å². The Morgan fingerprint density at radius 2 is 1.80 bits per heavy atom. The fourth-order valence-electron chi connectivity index (χ4n) is 2.76. The summed E-state index contributed by atoms with van der Waals surface area (Å²) in [7, 11) is 0. The Morgan fingerprint density at radius 3 is 2.44 bits per heavy atom. The van der Waals surface area contributed by atoms with Gasteiger partial charge in [-0.15, -0.1) is 0 Å². The largest absolute Gasteiger partial charge is 0.325 e. The van der Waals surface area contributed by atoms with E-state index >= 15 is 0 Å². The summed E-state index contributed by atoms with van der Waals surface area (Å²) in [5, 5.41) is 3.40. The van der Waals surface area contributed by atoms with Crippen LogP contribution in [0.4, 0.5) is 5.69 Å². The van der Waals surface area contributed by atoms with Crippen LogP contribution in [0.5, 0.6) is 0 Å². The summed E-state index contributed by atoms with van der Waals surface area (Å²) in [5.41, 5.74) is 1.49. The summed E-state index contributed by atoms with van der Waals surface area (Å²) in [6.07, 6.45) is 3.71. The molecule has 0 unspecified atom stereocenters. The highest BCUT2D eigenvalue weighted by molar-refractivity contribution is 6.31. The Balaban J connectivity index is 2.26. The average Bonchev–Trinajstić information content (AvgIpc) is 2.64. The fraction of sp³-hybridized carbons (Fsp3) is 0.333. The minimum absolute atomic E-state index is 0.0413. The van der Waals surface area contributed by atoms with E-state index in [-0.39, 0.29) is 17.6 Å². The summed E-state index contributed by atoms with van der Waals surface area (Å²) in [6.45, 7) is 4.12. The third kappa shape index (κ3) is 5.17. The molecule has 2 rings (SSSR count). The third-order valence-electron chi connectivity index (χ3n) is 4.29. The maximum atomic E-state index is 12.8. The maximum absolute atomic E-state index is 12.8. The van der Waals surface area contributed by atoms with Crippen molar-refractivity contribution in [2.45, 2.75) is 39.5 Å². The number of carbonyl (C=O) groups is 2. The number of carbonyl (C=O) groups excluding carboxylic acids is 2. The number of rotatable bonds is 8. The van der Waals surface area contributed by atoms with E-state index in [1.54, 1.807) is 30.3 Å². The lowest BCUT2D eigenvalue weighted by Gasteiger charge is -2.16. The van der Waals surface area contributed by atoms with Gasteiger partial charge in [0.05, 0.1) is 5.69 Å². The zero-order chi connectivity index (χ0) is 18.2. The molecule has 1 amide bonds. The highest BCUT2D eigenvalue weighted by Gasteiger charge is 2.20. The van der Waals surface area contributed by atoms with Crippen molar-refractivity contribution in [2.24, 2.45) is 5.92 Å². The smallest absolute Gasteiger partial charge is 0.227 e. The Labute approximate surface area is 154 Å². The lowest BCUT2D eigenvalue weighted by Crippen LogP contribution is -2.23. The highest BCUT2D eigenvalue weighted by Crippen LogP contribution is 2.25. The van der Waals surface area contributed by atoms with Crippen molar-refractivity contribution in [1.29, 1.82) is 0 Å². The summed E-state index contributed by atoms with van der Waals surface area (Å²) in [5.74, 6) is -0.240. The predicted octanol–water partition coefficient (Wildman–Crippen LogP) is 5.73. The Kier molecular flexibility index (Phi) is 7.20. The molecule has 0 spiro atoms. The number of ketones is 1. The molecule has 0 saturated heterocycles. The van der Waals surface area contributed by atoms with Gasteiger partial charge in [0.1, 0.15) is 0 Å². The molecule has 0 aliphatic carbocycles. The van der Waals surface area contributed by atoms with Crippen LogP contribution in [0.1, 0.15) is 55.5 Å². The molecular formula is C21H24ClNO2. The van der Waals surface area contributed by atoms with Crippen LogP contribution in [0.3, 0.4) is 0 Å². The molecule has 1 N–H and O–H groups in total. The quantitative estimate of drug-likeness (QED) is 0.613. The summed E-state index contributed by atoms with van der Waals surface area (Å²) in [4.78, 5) is 25.4. The Hall–Kier alpha value is -2.13. The number of benzene rings is 2. The van der Waals surface area contributed by atoms with Gasteiger partial charge in [0, 0.05) is 22.1 Å². The average molecular weight is 358 g/mol. The van der Waals surface area contributed by atoms with Crippen molar-refractivity contribution >= 4 is 29.0 Å². The van der Waals surface area contributed by atoms with E-state index < -0.39 is 0 Å². The summed E-state index contributed by atoms with van der Waals surface area (Å²) in [6, 6.07) is 14.0. The van der Waals surface area contributed by atoms with Gasteiger partial charge in [-0.3, -0.25) is 9.59 Å². The number of unbranched alkanes of at least 4 members (excludes halogenated alkanes) is 1. The first-order valence-electron chi connectivity index (χ1n) is 8.77. The van der Waals surface area contributed by atoms with Gasteiger partial charge in [-0.05, 0) is 31.0 Å². The monoisotopic (exact) mass is 357 g/mol. The van der Waals surface area contributed by atoms with Gasteiger partial charge in [-0.2, -0.15) is 0 Å². The minimum Gasteiger partial charge on any atom is -0.325 e. The maximum Gasteiger partial charge on any atom is 0.227 e. The van der Waals surface area contributed by atoms with Gasteiger partial charge in [0.15, 0.2) is 5.78 Å². The van der Waals surface area contributed by atoms with Crippen molar-refractivity contribution in [1.82, 2.24) is 0 Å². The van der Waals surface area contributed by atoms with Crippen LogP contribution in [0.2, 0.25) is 5.02 Å². The molecule has 0 aliphatic rings. The number of nitrogens with one attached hydrogen (secondary N) is 1. The van der Waals surface area contributed by atoms with Crippen LogP contribution in [0.25, 0.3) is 0 Å². The minimum atomic E-state index is -0.153. The van der Waals surface area contributed by atoms with Crippen LogP contribution >= 0.6 is 11.6 Å². The van der Waals surface area contributed by atoms with E-state index in [2.05, 4.69) is 12.2 Å².